The van der Waals surface area contributed by atoms with Gasteiger partial charge in [-0.1, -0.05) is 0 Å². The molecule has 3 heteroatoms. The van der Waals surface area contributed by atoms with Crippen LogP contribution in [0.2, 0.25) is 0 Å². The second kappa shape index (κ2) is 2.91. The number of benzene rings is 1. The lowest BCUT2D eigenvalue weighted by molar-refractivity contribution is 0.349. The number of ether oxygens (including phenoxy) is 1. The molecule has 0 aliphatic carbocycles. The third-order valence-electron chi connectivity index (χ3n) is 1.83. The van der Waals surface area contributed by atoms with Crippen molar-refractivity contribution in [2.24, 2.45) is 0 Å². The van der Waals surface area contributed by atoms with Crippen LogP contribution in [-0.2, 0) is 0 Å². The molecule has 13 heavy (non-hydrogen) atoms. The number of nitrogens with zero attached hydrogens (tertiary/aromatic N) is 1. The van der Waals surface area contributed by atoms with E-state index >= 15 is 0 Å². The van der Waals surface area contributed by atoms with Gasteiger partial charge in [0.25, 0.3) is 0 Å². The smallest absolute Gasteiger partial charge is 0.130 e. The van der Waals surface area contributed by atoms with Gasteiger partial charge in [-0.2, -0.15) is 5.26 Å². The van der Waals surface area contributed by atoms with Gasteiger partial charge in [0.1, 0.15) is 18.2 Å². The van der Waals surface area contributed by atoms with Crippen molar-refractivity contribution in [1.29, 1.82) is 5.26 Å². The second-order valence-electron chi connectivity index (χ2n) is 2.75. The fraction of sp³-hybridized carbons (Fsp3) is 0.100. The van der Waals surface area contributed by atoms with Crippen LogP contribution in [0.15, 0.2) is 23.8 Å². The predicted octanol–water partition coefficient (Wildman–Crippen LogP) is 2.13. The van der Waals surface area contributed by atoms with Crippen molar-refractivity contribution in [2.45, 2.75) is 0 Å². The summed E-state index contributed by atoms with van der Waals surface area (Å²) in [5.41, 5.74) is 1.31. The SMILES string of the molecule is N#CC1=Cc2ccc(F)cc2OC1. The van der Waals surface area contributed by atoms with Crippen LogP contribution in [0.4, 0.5) is 4.39 Å². The zero-order valence-corrected chi connectivity index (χ0v) is 6.75. The molecule has 0 radical (unpaired) electrons. The molecule has 1 aromatic carbocycles. The first-order valence-electron chi connectivity index (χ1n) is 3.82. The Morgan fingerprint density at radius 3 is 3.08 bits per heavy atom. The van der Waals surface area contributed by atoms with Gasteiger partial charge in [-0.05, 0) is 18.2 Å². The fourth-order valence-corrected chi connectivity index (χ4v) is 1.20. The van der Waals surface area contributed by atoms with E-state index in [0.29, 0.717) is 11.3 Å². The van der Waals surface area contributed by atoms with E-state index < -0.39 is 0 Å². The summed E-state index contributed by atoms with van der Waals surface area (Å²) >= 11 is 0. The van der Waals surface area contributed by atoms with Crippen LogP contribution >= 0.6 is 0 Å². The van der Waals surface area contributed by atoms with E-state index in [1.165, 1.54) is 12.1 Å². The molecule has 64 valence electrons. The van der Waals surface area contributed by atoms with Gasteiger partial charge in [0.2, 0.25) is 0 Å². The lowest BCUT2D eigenvalue weighted by Gasteiger charge is -2.13. The molecule has 1 aliphatic heterocycles. The number of hydrogen-bond acceptors (Lipinski definition) is 2. The maximum Gasteiger partial charge on any atom is 0.130 e. The van der Waals surface area contributed by atoms with Crippen LogP contribution in [0.3, 0.4) is 0 Å². The molecule has 0 amide bonds. The van der Waals surface area contributed by atoms with Crippen molar-refractivity contribution in [3.63, 3.8) is 0 Å². The summed E-state index contributed by atoms with van der Waals surface area (Å²) in [7, 11) is 0. The van der Waals surface area contributed by atoms with Crippen LogP contribution < -0.4 is 4.74 Å². The standard InChI is InChI=1S/C10H6FNO/c11-9-2-1-8-3-7(5-12)6-13-10(8)4-9/h1-4H,6H2. The minimum Gasteiger partial charge on any atom is -0.487 e. The highest BCUT2D eigenvalue weighted by Gasteiger charge is 2.11. The minimum atomic E-state index is -0.326. The summed E-state index contributed by atoms with van der Waals surface area (Å²) in [6.07, 6.45) is 1.71. The third-order valence-corrected chi connectivity index (χ3v) is 1.83. The van der Waals surface area contributed by atoms with Gasteiger partial charge in [-0.3, -0.25) is 0 Å². The van der Waals surface area contributed by atoms with Gasteiger partial charge in [-0.15, -0.1) is 0 Å². The Labute approximate surface area is 74.9 Å². The Bertz CT molecular complexity index is 417. The Balaban J connectivity index is 2.50. The molecule has 0 bridgehead atoms. The first-order chi connectivity index (χ1) is 6.29. The molecule has 0 fully saturated rings. The lowest BCUT2D eigenvalue weighted by Crippen LogP contribution is -2.05. The quantitative estimate of drug-likeness (QED) is 0.605. The van der Waals surface area contributed by atoms with Crippen molar-refractivity contribution in [2.75, 3.05) is 6.61 Å². The average molecular weight is 175 g/mol. The molecule has 0 atom stereocenters. The molecule has 2 rings (SSSR count). The van der Waals surface area contributed by atoms with Gasteiger partial charge in [0, 0.05) is 11.6 Å². The van der Waals surface area contributed by atoms with E-state index in [4.69, 9.17) is 10.00 Å². The van der Waals surface area contributed by atoms with E-state index in [1.807, 2.05) is 6.07 Å². The van der Waals surface area contributed by atoms with Gasteiger partial charge in [0.05, 0.1) is 11.6 Å². The maximum absolute atomic E-state index is 12.7. The highest BCUT2D eigenvalue weighted by Crippen LogP contribution is 2.26. The summed E-state index contributed by atoms with van der Waals surface area (Å²) in [5, 5.41) is 8.60. The molecule has 1 heterocycles. The van der Waals surface area contributed by atoms with E-state index in [1.54, 1.807) is 12.1 Å². The van der Waals surface area contributed by atoms with Crippen LogP contribution in [0.25, 0.3) is 6.08 Å². The Morgan fingerprint density at radius 2 is 2.31 bits per heavy atom. The number of halogens is 1. The molecule has 0 N–H and O–H groups in total. The summed E-state index contributed by atoms with van der Waals surface area (Å²) in [5.74, 6) is 0.173. The van der Waals surface area contributed by atoms with Gasteiger partial charge in [0.15, 0.2) is 0 Å². The van der Waals surface area contributed by atoms with Crippen molar-refractivity contribution in [3.8, 4) is 11.8 Å². The molecule has 1 aliphatic rings. The Morgan fingerprint density at radius 1 is 1.46 bits per heavy atom. The van der Waals surface area contributed by atoms with Crippen molar-refractivity contribution < 1.29 is 9.13 Å². The number of rotatable bonds is 0. The summed E-state index contributed by atoms with van der Waals surface area (Å²) in [4.78, 5) is 0. The average Bonchev–Trinajstić information content (AvgIpc) is 2.17. The molecular weight excluding hydrogens is 169 g/mol. The highest BCUT2D eigenvalue weighted by molar-refractivity contribution is 5.65. The Kier molecular flexibility index (Phi) is 1.75. The van der Waals surface area contributed by atoms with E-state index in [0.717, 1.165) is 5.56 Å². The van der Waals surface area contributed by atoms with E-state index in [-0.39, 0.29) is 12.4 Å². The number of hydrogen-bond donors (Lipinski definition) is 0. The predicted molar refractivity (Wildman–Crippen MR) is 45.5 cm³/mol. The molecule has 0 spiro atoms. The first kappa shape index (κ1) is 7.81. The monoisotopic (exact) mass is 175 g/mol. The molecule has 0 aromatic heterocycles. The lowest BCUT2D eigenvalue weighted by atomic mass is 10.1. The van der Waals surface area contributed by atoms with Gasteiger partial charge >= 0.3 is 0 Å². The number of nitriles is 1. The number of fused-ring (bicyclic) bond motifs is 1. The Hall–Kier alpha value is -1.82. The van der Waals surface area contributed by atoms with Crippen molar-refractivity contribution in [3.05, 3.63) is 35.2 Å². The zero-order chi connectivity index (χ0) is 9.26. The van der Waals surface area contributed by atoms with Crippen LogP contribution in [0, 0.1) is 17.1 Å². The molecule has 1 aromatic rings. The molecule has 2 nitrogen and oxygen atoms in total. The zero-order valence-electron chi connectivity index (χ0n) is 6.75. The first-order valence-corrected chi connectivity index (χ1v) is 3.82. The highest BCUT2D eigenvalue weighted by atomic mass is 19.1. The van der Waals surface area contributed by atoms with Gasteiger partial charge in [-0.25, -0.2) is 4.39 Å². The third kappa shape index (κ3) is 1.38. The van der Waals surface area contributed by atoms with Crippen LogP contribution in [-0.4, -0.2) is 6.61 Å². The fourth-order valence-electron chi connectivity index (χ4n) is 1.20. The normalized spacial score (nSPS) is 13.7. The topological polar surface area (TPSA) is 33.0 Å². The molecular formula is C10H6FNO. The summed E-state index contributed by atoms with van der Waals surface area (Å²) in [6.45, 7) is 0.229. The van der Waals surface area contributed by atoms with Crippen molar-refractivity contribution >= 4 is 6.08 Å². The van der Waals surface area contributed by atoms with E-state index in [2.05, 4.69) is 0 Å². The minimum absolute atomic E-state index is 0.229. The second-order valence-corrected chi connectivity index (χ2v) is 2.75. The molecule has 0 saturated carbocycles. The summed E-state index contributed by atoms with van der Waals surface area (Å²) < 4.78 is 17.9. The molecule has 0 unspecified atom stereocenters. The maximum atomic E-state index is 12.7. The largest absolute Gasteiger partial charge is 0.487 e. The van der Waals surface area contributed by atoms with Crippen molar-refractivity contribution in [1.82, 2.24) is 0 Å². The molecule has 0 saturated heterocycles. The van der Waals surface area contributed by atoms with Crippen LogP contribution in [0.1, 0.15) is 5.56 Å². The van der Waals surface area contributed by atoms with Crippen LogP contribution in [0.5, 0.6) is 5.75 Å². The summed E-state index contributed by atoms with van der Waals surface area (Å²) in [6, 6.07) is 6.27. The van der Waals surface area contributed by atoms with E-state index in [9.17, 15) is 4.39 Å². The van der Waals surface area contributed by atoms with Gasteiger partial charge < -0.3 is 4.74 Å².